The molecule has 3 N–H and O–H groups in total. The molecule has 0 bridgehead atoms. The van der Waals surface area contributed by atoms with Crippen molar-refractivity contribution in [1.82, 2.24) is 10.2 Å². The lowest BCUT2D eigenvalue weighted by Gasteiger charge is -2.42. The maximum absolute atomic E-state index is 12.8. The van der Waals surface area contributed by atoms with Crippen LogP contribution in [0.4, 0.5) is 0 Å². The fourth-order valence-electron chi connectivity index (χ4n) is 5.19. The highest BCUT2D eigenvalue weighted by Crippen LogP contribution is 2.38. The molecule has 2 heterocycles. The molecule has 4 rings (SSSR count). The number of benzene rings is 2. The van der Waals surface area contributed by atoms with Gasteiger partial charge in [0.2, 0.25) is 6.41 Å². The number of hydrogen-bond donors (Lipinski definition) is 3. The van der Waals surface area contributed by atoms with Gasteiger partial charge < -0.3 is 20.4 Å². The quantitative estimate of drug-likeness (QED) is 0.191. The smallest absolute Gasteiger partial charge is 0.254 e. The van der Waals surface area contributed by atoms with Crippen molar-refractivity contribution in [3.05, 3.63) is 93.7 Å². The van der Waals surface area contributed by atoms with Gasteiger partial charge in [-0.25, -0.2) is 0 Å². The van der Waals surface area contributed by atoms with Gasteiger partial charge in [-0.05, 0) is 67.2 Å². The maximum Gasteiger partial charge on any atom is 0.254 e. The third-order valence-corrected chi connectivity index (χ3v) is 8.58. The van der Waals surface area contributed by atoms with Gasteiger partial charge >= 0.3 is 0 Å². The number of carbonyl (C=O) groups excluding carboxylic acids is 3. The second-order valence-electron chi connectivity index (χ2n) is 10.5. The minimum atomic E-state index is -1.40. The lowest BCUT2D eigenvalue weighted by molar-refractivity contribution is -0.148. The predicted molar refractivity (Wildman–Crippen MR) is 174 cm³/mol. The van der Waals surface area contributed by atoms with Crippen molar-refractivity contribution in [2.24, 2.45) is 0 Å². The highest BCUT2D eigenvalue weighted by Gasteiger charge is 2.43. The number of nitrogens with one attached hydrogen (secondary N) is 1. The number of aliphatic hydroxyl groups is 2. The van der Waals surface area contributed by atoms with E-state index in [1.165, 1.54) is 22.9 Å². The predicted octanol–water partition coefficient (Wildman–Crippen LogP) is 5.31. The van der Waals surface area contributed by atoms with Crippen LogP contribution in [0, 0.1) is 0 Å². The number of piperidine rings is 1. The molecule has 2 unspecified atom stereocenters. The van der Waals surface area contributed by atoms with Crippen molar-refractivity contribution < 1.29 is 24.6 Å². The summed E-state index contributed by atoms with van der Waals surface area (Å²) in [4.78, 5) is 38.1. The number of carbonyl (C=O) groups is 3. The first-order chi connectivity index (χ1) is 20.8. The number of ketones is 1. The molecule has 1 fully saturated rings. The van der Waals surface area contributed by atoms with Crippen LogP contribution in [0.2, 0.25) is 0 Å². The molecule has 8 heteroatoms. The highest BCUT2D eigenvalue weighted by molar-refractivity contribution is 7.10. The Balaban J connectivity index is 0.000000298. The molecule has 3 aromatic rings. The Morgan fingerprint density at radius 2 is 1.60 bits per heavy atom. The van der Waals surface area contributed by atoms with Crippen LogP contribution in [0.3, 0.4) is 0 Å². The molecule has 1 aliphatic heterocycles. The molecule has 7 nitrogen and oxygen atoms in total. The number of Topliss-reactive ketones (excluding diaryl/α,β-unsaturated/α-hetero) is 1. The zero-order valence-corrected chi connectivity index (χ0v) is 26.8. The number of thiophene rings is 1. The topological polar surface area (TPSA) is 107 Å². The monoisotopic (exact) mass is 608 g/mol. The first kappa shape index (κ1) is 35.9. The molecule has 0 spiro atoms. The van der Waals surface area contributed by atoms with Gasteiger partial charge in [0.1, 0.15) is 5.78 Å². The van der Waals surface area contributed by atoms with Crippen molar-refractivity contribution in [1.29, 1.82) is 0 Å². The maximum atomic E-state index is 12.8. The first-order valence-corrected chi connectivity index (χ1v) is 16.2. The van der Waals surface area contributed by atoms with Crippen LogP contribution in [0.1, 0.15) is 74.9 Å². The molecule has 1 aliphatic rings. The number of likely N-dealkylation sites (tertiary alicyclic amines) is 1. The minimum absolute atomic E-state index is 0.222. The van der Waals surface area contributed by atoms with E-state index in [9.17, 15) is 24.6 Å². The van der Waals surface area contributed by atoms with Crippen LogP contribution < -0.4 is 5.32 Å². The highest BCUT2D eigenvalue weighted by atomic mass is 32.1. The van der Waals surface area contributed by atoms with Crippen molar-refractivity contribution in [3.63, 3.8) is 0 Å². The van der Waals surface area contributed by atoms with Crippen LogP contribution in [0.5, 0.6) is 0 Å². The second kappa shape index (κ2) is 19.1. The van der Waals surface area contributed by atoms with E-state index in [-0.39, 0.29) is 5.78 Å². The summed E-state index contributed by atoms with van der Waals surface area (Å²) in [5.74, 6) is -0.242. The SMILES string of the molecule is CC.CCCC(=O)C1(c2ccccc2)CCN(C(=O)C(O)C(C)O)CC1.O=CNCCc1cc(Cc2ccccc2)cs1. The molecular weight excluding hydrogens is 560 g/mol. The van der Waals surface area contributed by atoms with E-state index in [1.807, 2.05) is 57.2 Å². The molecule has 2 atom stereocenters. The molecular formula is C35H48N2O5S. The summed E-state index contributed by atoms with van der Waals surface area (Å²) in [7, 11) is 0. The van der Waals surface area contributed by atoms with Gasteiger partial charge in [-0.2, -0.15) is 0 Å². The zero-order valence-electron chi connectivity index (χ0n) is 26.0. The van der Waals surface area contributed by atoms with E-state index in [1.54, 1.807) is 16.2 Å². The Labute approximate surface area is 261 Å². The summed E-state index contributed by atoms with van der Waals surface area (Å²) in [6.07, 6.45) is 2.58. The molecule has 1 saturated heterocycles. The van der Waals surface area contributed by atoms with Gasteiger partial charge in [0.05, 0.1) is 11.5 Å². The zero-order chi connectivity index (χ0) is 31.7. The number of nitrogens with zero attached hydrogens (tertiary/aromatic N) is 1. The molecule has 234 valence electrons. The molecule has 0 saturated carbocycles. The minimum Gasteiger partial charge on any atom is -0.390 e. The lowest BCUT2D eigenvalue weighted by Crippen LogP contribution is -2.52. The average Bonchev–Trinajstić information content (AvgIpc) is 3.49. The Kier molecular flexibility index (Phi) is 15.9. The van der Waals surface area contributed by atoms with Crippen LogP contribution >= 0.6 is 11.3 Å². The van der Waals surface area contributed by atoms with E-state index >= 15 is 0 Å². The summed E-state index contributed by atoms with van der Waals surface area (Å²) in [5, 5.41) is 24.1. The van der Waals surface area contributed by atoms with Crippen LogP contribution in [0.15, 0.2) is 72.1 Å². The Bertz CT molecular complexity index is 1220. The number of amides is 2. The Hall–Kier alpha value is -3.33. The largest absolute Gasteiger partial charge is 0.390 e. The summed E-state index contributed by atoms with van der Waals surface area (Å²) in [5.41, 5.74) is 3.14. The lowest BCUT2D eigenvalue weighted by atomic mass is 9.68. The van der Waals surface area contributed by atoms with E-state index in [4.69, 9.17) is 0 Å². The average molecular weight is 609 g/mol. The van der Waals surface area contributed by atoms with Crippen molar-refractivity contribution in [3.8, 4) is 0 Å². The van der Waals surface area contributed by atoms with Gasteiger partial charge in [0, 0.05) is 30.9 Å². The van der Waals surface area contributed by atoms with Crippen LogP contribution in [0.25, 0.3) is 0 Å². The number of aliphatic hydroxyl groups excluding tert-OH is 2. The summed E-state index contributed by atoms with van der Waals surface area (Å²) in [6, 6.07) is 22.4. The van der Waals surface area contributed by atoms with Crippen molar-refractivity contribution in [2.75, 3.05) is 19.6 Å². The summed E-state index contributed by atoms with van der Waals surface area (Å²) in [6.45, 7) is 8.93. The Morgan fingerprint density at radius 1 is 1.00 bits per heavy atom. The molecule has 0 aliphatic carbocycles. The van der Waals surface area contributed by atoms with Gasteiger partial charge in [0.25, 0.3) is 5.91 Å². The van der Waals surface area contributed by atoms with Crippen molar-refractivity contribution >= 4 is 29.4 Å². The van der Waals surface area contributed by atoms with Crippen LogP contribution in [-0.2, 0) is 32.6 Å². The second-order valence-corrected chi connectivity index (χ2v) is 11.5. The Morgan fingerprint density at radius 3 is 2.16 bits per heavy atom. The van der Waals surface area contributed by atoms with Gasteiger partial charge in [0.15, 0.2) is 6.10 Å². The van der Waals surface area contributed by atoms with Crippen LogP contribution in [-0.4, -0.2) is 65.1 Å². The van der Waals surface area contributed by atoms with Gasteiger partial charge in [-0.3, -0.25) is 14.4 Å². The van der Waals surface area contributed by atoms with Crippen molar-refractivity contribution in [2.45, 2.75) is 83.8 Å². The van der Waals surface area contributed by atoms with E-state index < -0.39 is 23.5 Å². The molecule has 43 heavy (non-hydrogen) atoms. The molecule has 1 aromatic heterocycles. The van der Waals surface area contributed by atoms with E-state index in [0.29, 0.717) is 32.4 Å². The molecule has 2 aromatic carbocycles. The summed E-state index contributed by atoms with van der Waals surface area (Å²) < 4.78 is 0. The number of rotatable bonds is 12. The molecule has 2 amide bonds. The van der Waals surface area contributed by atoms with Gasteiger partial charge in [-0.1, -0.05) is 81.4 Å². The van der Waals surface area contributed by atoms with E-state index in [2.05, 4.69) is 41.0 Å². The van der Waals surface area contributed by atoms with E-state index in [0.717, 1.165) is 37.8 Å². The fraction of sp³-hybridized carbons (Fsp3) is 0.457. The third-order valence-electron chi connectivity index (χ3n) is 7.53. The summed E-state index contributed by atoms with van der Waals surface area (Å²) >= 11 is 1.76. The standard InChI is InChI=1S/C19H27NO4.C14H15NOS.C2H6/c1-3-7-16(22)19(15-8-5-4-6-9-15)10-12-20(13-11-19)18(24)17(23)14(2)21;16-11-15-7-6-14-9-13(10-17-14)8-12-4-2-1-3-5-12;1-2/h4-6,8-9,14,17,21,23H,3,7,10-13H2,1-2H3;1-5,9-11H,6-8H2,(H,15,16);1-2H3. The first-order valence-electron chi connectivity index (χ1n) is 15.3. The molecule has 0 radical (unpaired) electrons. The van der Waals surface area contributed by atoms with Gasteiger partial charge in [-0.15, -0.1) is 11.3 Å². The number of hydrogen-bond acceptors (Lipinski definition) is 6. The fourth-order valence-corrected chi connectivity index (χ4v) is 6.08. The normalized spacial score (nSPS) is 15.1. The third kappa shape index (κ3) is 10.7.